The van der Waals surface area contributed by atoms with Crippen molar-refractivity contribution in [2.75, 3.05) is 14.2 Å². The number of esters is 1. The molecule has 5 heteroatoms. The van der Waals surface area contributed by atoms with E-state index >= 15 is 0 Å². The van der Waals surface area contributed by atoms with E-state index in [1.165, 1.54) is 14.2 Å². The second-order valence-electron chi connectivity index (χ2n) is 2.96. The summed E-state index contributed by atoms with van der Waals surface area (Å²) in [5.41, 5.74) is 0. The topological polar surface area (TPSA) is 64.6 Å². The molecule has 0 aliphatic carbocycles. The first-order chi connectivity index (χ1) is 6.56. The molecule has 14 heavy (non-hydrogen) atoms. The Bertz CT molecular complexity index is 205. The number of hydrogen-bond acceptors (Lipinski definition) is 4. The van der Waals surface area contributed by atoms with Crippen molar-refractivity contribution in [1.29, 1.82) is 0 Å². The van der Waals surface area contributed by atoms with Gasteiger partial charge in [-0.3, -0.25) is 4.79 Å². The van der Waals surface area contributed by atoms with Crippen LogP contribution in [0.15, 0.2) is 0 Å². The van der Waals surface area contributed by atoms with Gasteiger partial charge in [-0.05, 0) is 13.3 Å². The molecule has 82 valence electrons. The molecule has 0 aromatic rings. The van der Waals surface area contributed by atoms with E-state index in [-0.39, 0.29) is 17.9 Å². The van der Waals surface area contributed by atoms with Crippen LogP contribution in [0.25, 0.3) is 0 Å². The number of methoxy groups -OCH3 is 2. The van der Waals surface area contributed by atoms with Crippen molar-refractivity contribution in [3.63, 3.8) is 0 Å². The zero-order chi connectivity index (χ0) is 11.1. The summed E-state index contributed by atoms with van der Waals surface area (Å²) in [5, 5.41) is 2.53. The normalized spacial score (nSPS) is 14.0. The average Bonchev–Trinajstić information content (AvgIpc) is 2.18. The van der Waals surface area contributed by atoms with Crippen molar-refractivity contribution in [3.05, 3.63) is 0 Å². The number of rotatable bonds is 4. The Labute approximate surface area is 83.8 Å². The maximum Gasteiger partial charge on any atom is 0.407 e. The van der Waals surface area contributed by atoms with E-state index in [1.807, 2.05) is 6.92 Å². The van der Waals surface area contributed by atoms with Crippen molar-refractivity contribution in [3.8, 4) is 0 Å². The molecule has 0 rings (SSSR count). The lowest BCUT2D eigenvalue weighted by molar-refractivity contribution is -0.146. The van der Waals surface area contributed by atoms with Gasteiger partial charge in [-0.25, -0.2) is 4.79 Å². The number of nitrogens with one attached hydrogen (secondary N) is 1. The highest BCUT2D eigenvalue weighted by Crippen LogP contribution is 2.10. The minimum atomic E-state index is -0.542. The van der Waals surface area contributed by atoms with Gasteiger partial charge in [0.1, 0.15) is 0 Å². The fourth-order valence-electron chi connectivity index (χ4n) is 1.22. The quantitative estimate of drug-likeness (QED) is 0.690. The Morgan fingerprint density at radius 1 is 1.29 bits per heavy atom. The van der Waals surface area contributed by atoms with Crippen LogP contribution in [-0.4, -0.2) is 32.3 Å². The van der Waals surface area contributed by atoms with E-state index in [9.17, 15) is 9.59 Å². The molecule has 0 aliphatic heterocycles. The van der Waals surface area contributed by atoms with E-state index in [0.29, 0.717) is 6.42 Å². The van der Waals surface area contributed by atoms with Crippen LogP contribution in [0.3, 0.4) is 0 Å². The molecule has 1 amide bonds. The zero-order valence-electron chi connectivity index (χ0n) is 8.99. The smallest absolute Gasteiger partial charge is 0.407 e. The highest BCUT2D eigenvalue weighted by molar-refractivity contribution is 5.74. The van der Waals surface area contributed by atoms with Crippen LogP contribution in [0, 0.1) is 5.92 Å². The van der Waals surface area contributed by atoms with Crippen LogP contribution >= 0.6 is 0 Å². The summed E-state index contributed by atoms with van der Waals surface area (Å²) in [4.78, 5) is 22.1. The lowest BCUT2D eigenvalue weighted by Gasteiger charge is -2.20. The number of amides is 1. The summed E-state index contributed by atoms with van der Waals surface area (Å²) < 4.78 is 9.04. The molecule has 0 saturated heterocycles. The highest BCUT2D eigenvalue weighted by atomic mass is 16.5. The largest absolute Gasteiger partial charge is 0.469 e. The molecule has 0 unspecified atom stereocenters. The number of carbonyl (C=O) groups excluding carboxylic acids is 2. The average molecular weight is 203 g/mol. The second kappa shape index (κ2) is 6.23. The molecule has 0 bridgehead atoms. The molecule has 2 atom stereocenters. The van der Waals surface area contributed by atoms with Gasteiger partial charge in [-0.2, -0.15) is 0 Å². The van der Waals surface area contributed by atoms with Crippen LogP contribution in [-0.2, 0) is 14.3 Å². The number of alkyl carbamates (subject to hydrolysis) is 1. The van der Waals surface area contributed by atoms with Crippen molar-refractivity contribution in [1.82, 2.24) is 5.32 Å². The third-order valence-electron chi connectivity index (χ3n) is 2.08. The number of ether oxygens (including phenoxy) is 2. The van der Waals surface area contributed by atoms with Crippen molar-refractivity contribution in [2.24, 2.45) is 5.92 Å². The van der Waals surface area contributed by atoms with E-state index in [1.54, 1.807) is 6.92 Å². The summed E-state index contributed by atoms with van der Waals surface area (Å²) >= 11 is 0. The molecule has 0 fully saturated rings. The van der Waals surface area contributed by atoms with E-state index in [4.69, 9.17) is 0 Å². The third kappa shape index (κ3) is 3.64. The lowest BCUT2D eigenvalue weighted by Crippen LogP contribution is -2.41. The molecular weight excluding hydrogens is 186 g/mol. The summed E-state index contributed by atoms with van der Waals surface area (Å²) in [6.07, 6.45) is 0.0672. The van der Waals surface area contributed by atoms with Crippen LogP contribution in [0.2, 0.25) is 0 Å². The van der Waals surface area contributed by atoms with Crippen LogP contribution < -0.4 is 5.32 Å². The minimum Gasteiger partial charge on any atom is -0.469 e. The van der Waals surface area contributed by atoms with E-state index in [0.717, 1.165) is 0 Å². The molecule has 0 radical (unpaired) electrons. The Morgan fingerprint density at radius 3 is 2.21 bits per heavy atom. The van der Waals surface area contributed by atoms with Gasteiger partial charge in [-0.15, -0.1) is 0 Å². The predicted molar refractivity (Wildman–Crippen MR) is 50.8 cm³/mol. The third-order valence-corrected chi connectivity index (χ3v) is 2.08. The van der Waals surface area contributed by atoms with Crippen molar-refractivity contribution >= 4 is 12.1 Å². The Balaban J connectivity index is 4.23. The SMILES string of the molecule is CC[C@H](C(=O)OC)[C@H](C)NC(=O)OC. The maximum atomic E-state index is 11.2. The fourth-order valence-corrected chi connectivity index (χ4v) is 1.22. The molecule has 0 heterocycles. The molecular formula is C9H17NO4. The minimum absolute atomic E-state index is 0.292. The van der Waals surface area contributed by atoms with E-state index in [2.05, 4.69) is 14.8 Å². The molecule has 0 aromatic heterocycles. The molecule has 0 spiro atoms. The first-order valence-corrected chi connectivity index (χ1v) is 4.49. The summed E-state index contributed by atoms with van der Waals surface area (Å²) in [7, 11) is 2.61. The van der Waals surface area contributed by atoms with Gasteiger partial charge >= 0.3 is 12.1 Å². The first-order valence-electron chi connectivity index (χ1n) is 4.49. The van der Waals surface area contributed by atoms with Gasteiger partial charge in [0.15, 0.2) is 0 Å². The van der Waals surface area contributed by atoms with Gasteiger partial charge < -0.3 is 14.8 Å². The van der Waals surface area contributed by atoms with Gasteiger partial charge in [0, 0.05) is 6.04 Å². The van der Waals surface area contributed by atoms with Crippen LogP contribution in [0.1, 0.15) is 20.3 Å². The molecule has 1 N–H and O–H groups in total. The van der Waals surface area contributed by atoms with Crippen molar-refractivity contribution in [2.45, 2.75) is 26.3 Å². The fraction of sp³-hybridized carbons (Fsp3) is 0.778. The number of hydrogen-bond donors (Lipinski definition) is 1. The standard InChI is InChI=1S/C9H17NO4/c1-5-7(8(11)13-3)6(2)10-9(12)14-4/h6-7H,5H2,1-4H3,(H,10,12)/t6-,7-/m0/s1. The van der Waals surface area contributed by atoms with Crippen LogP contribution in [0.5, 0.6) is 0 Å². The molecule has 0 aliphatic rings. The molecule has 0 aromatic carbocycles. The second-order valence-corrected chi connectivity index (χ2v) is 2.96. The molecule has 0 saturated carbocycles. The van der Waals surface area contributed by atoms with E-state index < -0.39 is 6.09 Å². The lowest BCUT2D eigenvalue weighted by atomic mass is 9.99. The molecule has 5 nitrogen and oxygen atoms in total. The Kier molecular flexibility index (Phi) is 5.67. The van der Waals surface area contributed by atoms with Crippen LogP contribution in [0.4, 0.5) is 4.79 Å². The summed E-state index contributed by atoms with van der Waals surface area (Å²) in [5.74, 6) is -0.657. The summed E-state index contributed by atoms with van der Waals surface area (Å²) in [6, 6.07) is -0.292. The van der Waals surface area contributed by atoms with Gasteiger partial charge in [0.2, 0.25) is 0 Å². The van der Waals surface area contributed by atoms with Gasteiger partial charge in [-0.1, -0.05) is 6.92 Å². The number of carbonyl (C=O) groups is 2. The van der Waals surface area contributed by atoms with Gasteiger partial charge in [0.25, 0.3) is 0 Å². The predicted octanol–water partition coefficient (Wildman–Crippen LogP) is 0.930. The maximum absolute atomic E-state index is 11.2. The monoisotopic (exact) mass is 203 g/mol. The first kappa shape index (κ1) is 12.7. The summed E-state index contributed by atoms with van der Waals surface area (Å²) in [6.45, 7) is 3.60. The highest BCUT2D eigenvalue weighted by Gasteiger charge is 2.25. The van der Waals surface area contributed by atoms with Gasteiger partial charge in [0.05, 0.1) is 20.1 Å². The Hall–Kier alpha value is -1.26. The van der Waals surface area contributed by atoms with Crippen molar-refractivity contribution < 1.29 is 19.1 Å². The zero-order valence-corrected chi connectivity index (χ0v) is 8.99. The Morgan fingerprint density at radius 2 is 1.86 bits per heavy atom.